The van der Waals surface area contributed by atoms with Gasteiger partial charge in [-0.2, -0.15) is 0 Å². The molecule has 9 fully saturated rings. The van der Waals surface area contributed by atoms with Gasteiger partial charge < -0.3 is 74.4 Å². The number of aliphatic hydroxyl groups is 9. The summed E-state index contributed by atoms with van der Waals surface area (Å²) < 4.78 is 33.5. The number of ether oxygens (including phenoxy) is 6. The molecular weight excluding hydrogens is 480 g/mol. The zero-order valence-corrected chi connectivity index (χ0v) is 18.7. The Bertz CT molecular complexity index is 679. The zero-order valence-electron chi connectivity index (χ0n) is 18.7. The van der Waals surface area contributed by atoms with E-state index in [0.717, 1.165) is 0 Å². The first-order valence-electron chi connectivity index (χ1n) is 11.5. The first kappa shape index (κ1) is 27.4. The first-order chi connectivity index (χ1) is 16.7. The maximum Gasteiger partial charge on any atom is 0.187 e. The van der Waals surface area contributed by atoms with Crippen LogP contribution in [0.4, 0.5) is 0 Å². The Kier molecular flexibility index (Phi) is 8.95. The number of rotatable bonds is 3. The predicted octanol–water partition coefficient (Wildman–Crippen LogP) is -6.24. The summed E-state index contributed by atoms with van der Waals surface area (Å²) in [5, 5.41) is 93.3. The van der Waals surface area contributed by atoms with Crippen molar-refractivity contribution in [1.82, 2.24) is 0 Å². The smallest absolute Gasteiger partial charge is 0.187 e. The molecule has 15 atom stereocenters. The Balaban J connectivity index is 1.68. The zero-order chi connectivity index (χ0) is 25.4. The van der Waals surface area contributed by atoms with Crippen molar-refractivity contribution >= 4 is 0 Å². The van der Waals surface area contributed by atoms with Crippen LogP contribution in [0.2, 0.25) is 0 Å². The van der Waals surface area contributed by atoms with Gasteiger partial charge in [-0.1, -0.05) is 0 Å². The third kappa shape index (κ3) is 5.22. The minimum absolute atomic E-state index is 0.252. The van der Waals surface area contributed by atoms with Crippen molar-refractivity contribution in [2.75, 3.05) is 33.0 Å². The van der Waals surface area contributed by atoms with Gasteiger partial charge in [0.25, 0.3) is 0 Å². The summed E-state index contributed by atoms with van der Waals surface area (Å²) in [6.07, 6.45) is -20.8. The van der Waals surface area contributed by atoms with Gasteiger partial charge in [0.1, 0.15) is 61.0 Å². The Morgan fingerprint density at radius 3 is 1.54 bits per heavy atom. The Labute approximate surface area is 199 Å². The van der Waals surface area contributed by atoms with E-state index in [9.17, 15) is 46.0 Å². The molecule has 9 N–H and O–H groups in total. The maximum absolute atomic E-state index is 10.7. The van der Waals surface area contributed by atoms with Crippen molar-refractivity contribution in [2.24, 2.45) is 5.92 Å². The van der Waals surface area contributed by atoms with Crippen molar-refractivity contribution < 1.29 is 74.4 Å². The van der Waals surface area contributed by atoms with E-state index in [1.54, 1.807) is 0 Å². The molecule has 204 valence electrons. The standard InChI is InChI=1S/C20H34O15/c21-1-7-6-4-30-5-10-12(25)13(26)17(8(2-22)31-10)34-20-16(29)14(27)18(9(3-23)33-20)35-19(32-7)15(28)11(6)24/h6-29H,1-5H2/t6-,7?,8?,9?,10-,11-,12?,13+,14+,15?,16?,17-,18-,19-,20-/m1/s1. The molecule has 9 heterocycles. The first-order valence-corrected chi connectivity index (χ1v) is 11.5. The largest absolute Gasteiger partial charge is 0.394 e. The summed E-state index contributed by atoms with van der Waals surface area (Å²) in [4.78, 5) is 0. The van der Waals surface area contributed by atoms with Gasteiger partial charge in [-0.05, 0) is 0 Å². The molecule has 0 amide bonds. The fourth-order valence-electron chi connectivity index (χ4n) is 4.92. The highest BCUT2D eigenvalue weighted by atomic mass is 16.7. The van der Waals surface area contributed by atoms with E-state index in [1.807, 2.05) is 0 Å². The molecule has 6 bridgehead atoms. The Morgan fingerprint density at radius 2 is 0.971 bits per heavy atom. The van der Waals surface area contributed by atoms with Gasteiger partial charge in [0.15, 0.2) is 12.6 Å². The van der Waals surface area contributed by atoms with Gasteiger partial charge in [-0.3, -0.25) is 0 Å². The average molecular weight is 514 g/mol. The number of hydrogen-bond donors (Lipinski definition) is 9. The maximum atomic E-state index is 10.7. The summed E-state index contributed by atoms with van der Waals surface area (Å²) in [6.45, 7) is -2.54. The molecule has 15 nitrogen and oxygen atoms in total. The highest BCUT2D eigenvalue weighted by Gasteiger charge is 2.53. The summed E-state index contributed by atoms with van der Waals surface area (Å²) in [6, 6.07) is 0. The SMILES string of the molecule is OCC1O[C@@H]2O[C@@H]3C(CO)O[C@H](O[C@@H]4C(CO)O[C@H](COC[C@H]1[C@@H](O)C2O)C(O)[C@@H]4O)C(O)[C@@H]3O. The molecular formula is C20H34O15. The van der Waals surface area contributed by atoms with Gasteiger partial charge in [0.05, 0.1) is 45.2 Å². The van der Waals surface area contributed by atoms with E-state index < -0.39 is 112 Å². The van der Waals surface area contributed by atoms with E-state index in [4.69, 9.17) is 28.4 Å². The molecule has 15 heteroatoms. The topological polar surface area (TPSA) is 237 Å². The second-order valence-corrected chi connectivity index (χ2v) is 9.19. The molecule has 6 unspecified atom stereocenters. The molecule has 9 aliphatic heterocycles. The van der Waals surface area contributed by atoms with E-state index in [1.165, 1.54) is 0 Å². The van der Waals surface area contributed by atoms with E-state index >= 15 is 0 Å². The molecule has 9 rings (SSSR count). The monoisotopic (exact) mass is 514 g/mol. The normalized spacial score (nSPS) is 53.6. The van der Waals surface area contributed by atoms with Crippen LogP contribution < -0.4 is 0 Å². The predicted molar refractivity (Wildman–Crippen MR) is 107 cm³/mol. The summed E-state index contributed by atoms with van der Waals surface area (Å²) in [7, 11) is 0. The van der Waals surface area contributed by atoms with Crippen LogP contribution in [0, 0.1) is 5.92 Å². The number of aliphatic hydroxyl groups excluding tert-OH is 9. The van der Waals surface area contributed by atoms with Crippen molar-refractivity contribution in [3.05, 3.63) is 0 Å². The molecule has 0 radical (unpaired) electrons. The Hall–Kier alpha value is -0.600. The molecule has 9 saturated heterocycles. The van der Waals surface area contributed by atoms with E-state index in [2.05, 4.69) is 0 Å². The third-order valence-corrected chi connectivity index (χ3v) is 6.99. The summed E-state index contributed by atoms with van der Waals surface area (Å²) in [5.74, 6) is -0.947. The van der Waals surface area contributed by atoms with E-state index in [0.29, 0.717) is 0 Å². The lowest BCUT2D eigenvalue weighted by molar-refractivity contribution is -0.369. The highest BCUT2D eigenvalue weighted by molar-refractivity contribution is 4.97. The molecule has 35 heavy (non-hydrogen) atoms. The summed E-state index contributed by atoms with van der Waals surface area (Å²) >= 11 is 0. The van der Waals surface area contributed by atoms with Crippen molar-refractivity contribution in [3.63, 3.8) is 0 Å². The van der Waals surface area contributed by atoms with Crippen molar-refractivity contribution in [1.29, 1.82) is 0 Å². The lowest BCUT2D eigenvalue weighted by Crippen LogP contribution is -2.66. The molecule has 0 aromatic rings. The van der Waals surface area contributed by atoms with Crippen molar-refractivity contribution in [3.8, 4) is 0 Å². The van der Waals surface area contributed by atoms with Crippen LogP contribution in [-0.4, -0.2) is 165 Å². The van der Waals surface area contributed by atoms with Crippen LogP contribution in [0.3, 0.4) is 0 Å². The van der Waals surface area contributed by atoms with Gasteiger partial charge >= 0.3 is 0 Å². The Morgan fingerprint density at radius 1 is 0.486 bits per heavy atom. The van der Waals surface area contributed by atoms with Crippen LogP contribution in [-0.2, 0) is 28.4 Å². The number of hydrogen-bond acceptors (Lipinski definition) is 15. The van der Waals surface area contributed by atoms with Crippen LogP contribution in [0.1, 0.15) is 0 Å². The molecule has 0 aromatic heterocycles. The van der Waals surface area contributed by atoms with Gasteiger partial charge in [0.2, 0.25) is 0 Å². The average Bonchev–Trinajstić information content (AvgIpc) is 2.86. The van der Waals surface area contributed by atoms with Gasteiger partial charge in [-0.15, -0.1) is 0 Å². The third-order valence-electron chi connectivity index (χ3n) is 6.99. The van der Waals surface area contributed by atoms with Gasteiger partial charge in [0, 0.05) is 5.92 Å². The van der Waals surface area contributed by atoms with Gasteiger partial charge in [-0.25, -0.2) is 0 Å². The summed E-state index contributed by atoms with van der Waals surface area (Å²) in [5.41, 5.74) is 0. The fourth-order valence-corrected chi connectivity index (χ4v) is 4.92. The lowest BCUT2D eigenvalue weighted by Gasteiger charge is -2.48. The fraction of sp³-hybridized carbons (Fsp3) is 1.00. The van der Waals surface area contributed by atoms with Crippen molar-refractivity contribution in [2.45, 2.75) is 85.8 Å². The lowest BCUT2D eigenvalue weighted by atomic mass is 9.89. The molecule has 0 spiro atoms. The minimum atomic E-state index is -1.81. The molecule has 9 aliphatic rings. The van der Waals surface area contributed by atoms with Crippen LogP contribution in [0.25, 0.3) is 0 Å². The second kappa shape index (κ2) is 11.4. The van der Waals surface area contributed by atoms with Crippen LogP contribution >= 0.6 is 0 Å². The second-order valence-electron chi connectivity index (χ2n) is 9.19. The van der Waals surface area contributed by atoms with Crippen LogP contribution in [0.5, 0.6) is 0 Å². The van der Waals surface area contributed by atoms with Crippen LogP contribution in [0.15, 0.2) is 0 Å². The molecule has 0 saturated carbocycles. The molecule has 0 aliphatic carbocycles. The van der Waals surface area contributed by atoms with E-state index in [-0.39, 0.29) is 13.2 Å². The molecule has 0 aromatic carbocycles. The highest BCUT2D eigenvalue weighted by Crippen LogP contribution is 2.34. The minimum Gasteiger partial charge on any atom is -0.394 e. The quantitative estimate of drug-likeness (QED) is 0.170.